The lowest BCUT2D eigenvalue weighted by molar-refractivity contribution is -0.151. The fraction of sp³-hybridized carbons (Fsp3) is 0.400. The van der Waals surface area contributed by atoms with Gasteiger partial charge in [-0.3, -0.25) is 19.3 Å². The number of aryl methyl sites for hydroxylation is 1. The molecule has 2 rings (SSSR count). The van der Waals surface area contributed by atoms with Gasteiger partial charge in [0.2, 0.25) is 17.7 Å². The van der Waals surface area contributed by atoms with E-state index in [1.165, 1.54) is 0 Å². The largest absolute Gasteiger partial charge is 0.397 e. The normalized spacial score (nSPS) is 16.2. The van der Waals surface area contributed by atoms with Crippen molar-refractivity contribution in [2.75, 3.05) is 17.6 Å². The van der Waals surface area contributed by atoms with E-state index in [2.05, 4.69) is 5.32 Å². The second-order valence-corrected chi connectivity index (χ2v) is 5.53. The van der Waals surface area contributed by atoms with Crippen LogP contribution in [0.15, 0.2) is 18.2 Å². The quantitative estimate of drug-likeness (QED) is 0.648. The second kappa shape index (κ2) is 5.95. The monoisotopic (exact) mass is 289 g/mol. The number of likely N-dealkylation sites (tertiary alicyclic amines) is 1. The van der Waals surface area contributed by atoms with Crippen molar-refractivity contribution in [1.82, 2.24) is 4.90 Å². The number of piperidine rings is 1. The molecule has 0 radical (unpaired) electrons. The van der Waals surface area contributed by atoms with E-state index in [1.807, 2.05) is 19.9 Å². The highest BCUT2D eigenvalue weighted by molar-refractivity contribution is 6.04. The van der Waals surface area contributed by atoms with Gasteiger partial charge >= 0.3 is 0 Å². The lowest BCUT2D eigenvalue weighted by Crippen LogP contribution is -2.46. The standard InChI is InChI=1S/C15H19N3O3/c1-9-3-4-12(11(16)5-9)17-13(19)8-18-14(20)6-10(2)7-15(18)21/h3-5,10H,6-8,16H2,1-2H3,(H,17,19). The molecule has 0 aromatic heterocycles. The summed E-state index contributed by atoms with van der Waals surface area (Å²) in [6.07, 6.45) is 0.595. The Morgan fingerprint density at radius 2 is 1.95 bits per heavy atom. The first-order valence-corrected chi connectivity index (χ1v) is 6.86. The molecule has 0 atom stereocenters. The Hall–Kier alpha value is -2.37. The molecule has 6 nitrogen and oxygen atoms in total. The molecule has 1 aliphatic heterocycles. The van der Waals surface area contributed by atoms with Gasteiger partial charge < -0.3 is 11.1 Å². The van der Waals surface area contributed by atoms with Gasteiger partial charge in [-0.15, -0.1) is 0 Å². The number of carbonyl (C=O) groups excluding carboxylic acids is 3. The number of nitrogen functional groups attached to an aromatic ring is 1. The summed E-state index contributed by atoms with van der Waals surface area (Å²) in [5, 5.41) is 2.63. The molecule has 1 aliphatic rings. The summed E-state index contributed by atoms with van der Waals surface area (Å²) >= 11 is 0. The third kappa shape index (κ3) is 3.59. The lowest BCUT2D eigenvalue weighted by Gasteiger charge is -2.27. The van der Waals surface area contributed by atoms with Gasteiger partial charge in [-0.05, 0) is 30.5 Å². The summed E-state index contributed by atoms with van der Waals surface area (Å²) in [6.45, 7) is 3.48. The van der Waals surface area contributed by atoms with Crippen LogP contribution in [0.2, 0.25) is 0 Å². The Bertz CT molecular complexity index is 580. The second-order valence-electron chi connectivity index (χ2n) is 5.53. The number of amides is 3. The minimum atomic E-state index is -0.429. The topological polar surface area (TPSA) is 92.5 Å². The average Bonchev–Trinajstić information content (AvgIpc) is 2.37. The number of hydrogen-bond donors (Lipinski definition) is 2. The molecule has 21 heavy (non-hydrogen) atoms. The molecule has 1 saturated heterocycles. The zero-order valence-electron chi connectivity index (χ0n) is 12.2. The molecule has 0 unspecified atom stereocenters. The molecular formula is C15H19N3O3. The van der Waals surface area contributed by atoms with Crippen molar-refractivity contribution in [3.05, 3.63) is 23.8 Å². The van der Waals surface area contributed by atoms with Crippen LogP contribution in [0.3, 0.4) is 0 Å². The summed E-state index contributed by atoms with van der Waals surface area (Å²) in [5.41, 5.74) is 7.73. The maximum atomic E-state index is 12.0. The number of nitrogens with zero attached hydrogens (tertiary/aromatic N) is 1. The summed E-state index contributed by atoms with van der Waals surface area (Å²) < 4.78 is 0. The van der Waals surface area contributed by atoms with Gasteiger partial charge in [0.25, 0.3) is 0 Å². The van der Waals surface area contributed by atoms with Gasteiger partial charge in [-0.2, -0.15) is 0 Å². The van der Waals surface area contributed by atoms with E-state index in [9.17, 15) is 14.4 Å². The van der Waals surface area contributed by atoms with Gasteiger partial charge in [0.05, 0.1) is 11.4 Å². The number of nitrogens with one attached hydrogen (secondary N) is 1. The highest BCUT2D eigenvalue weighted by Crippen LogP contribution is 2.21. The molecule has 6 heteroatoms. The van der Waals surface area contributed by atoms with Crippen LogP contribution in [0.4, 0.5) is 11.4 Å². The van der Waals surface area contributed by atoms with E-state index in [1.54, 1.807) is 12.1 Å². The Labute approximate surface area is 123 Å². The maximum Gasteiger partial charge on any atom is 0.244 e. The van der Waals surface area contributed by atoms with E-state index in [0.717, 1.165) is 10.5 Å². The smallest absolute Gasteiger partial charge is 0.244 e. The molecule has 3 N–H and O–H groups in total. The number of benzene rings is 1. The van der Waals surface area contributed by atoms with Gasteiger partial charge in [0.15, 0.2) is 0 Å². The van der Waals surface area contributed by atoms with Crippen molar-refractivity contribution in [3.63, 3.8) is 0 Å². The number of nitrogens with two attached hydrogens (primary N) is 1. The van der Waals surface area contributed by atoms with E-state index < -0.39 is 5.91 Å². The summed E-state index contributed by atoms with van der Waals surface area (Å²) in [6, 6.07) is 5.27. The van der Waals surface area contributed by atoms with Crippen molar-refractivity contribution in [2.45, 2.75) is 26.7 Å². The van der Waals surface area contributed by atoms with Crippen LogP contribution in [0.1, 0.15) is 25.3 Å². The highest BCUT2D eigenvalue weighted by atomic mass is 16.2. The van der Waals surface area contributed by atoms with Crippen LogP contribution in [0, 0.1) is 12.8 Å². The summed E-state index contributed by atoms with van der Waals surface area (Å²) in [7, 11) is 0. The minimum Gasteiger partial charge on any atom is -0.397 e. The van der Waals surface area contributed by atoms with Gasteiger partial charge in [0.1, 0.15) is 6.54 Å². The van der Waals surface area contributed by atoms with E-state index in [-0.39, 0.29) is 24.3 Å². The van der Waals surface area contributed by atoms with Crippen molar-refractivity contribution in [2.24, 2.45) is 5.92 Å². The molecular weight excluding hydrogens is 270 g/mol. The van der Waals surface area contributed by atoms with Gasteiger partial charge in [0, 0.05) is 12.8 Å². The first-order chi connectivity index (χ1) is 9.86. The Morgan fingerprint density at radius 3 is 2.52 bits per heavy atom. The van der Waals surface area contributed by atoms with Crippen molar-refractivity contribution in [1.29, 1.82) is 0 Å². The first-order valence-electron chi connectivity index (χ1n) is 6.86. The minimum absolute atomic E-state index is 0.0389. The fourth-order valence-electron chi connectivity index (χ4n) is 2.33. The van der Waals surface area contributed by atoms with Crippen LogP contribution in [-0.4, -0.2) is 29.2 Å². The zero-order valence-corrected chi connectivity index (χ0v) is 12.2. The van der Waals surface area contributed by atoms with Gasteiger partial charge in [-0.1, -0.05) is 13.0 Å². The van der Waals surface area contributed by atoms with E-state index in [0.29, 0.717) is 24.2 Å². The third-order valence-corrected chi connectivity index (χ3v) is 3.43. The van der Waals surface area contributed by atoms with Crippen molar-refractivity contribution in [3.8, 4) is 0 Å². The number of anilines is 2. The van der Waals surface area contributed by atoms with Crippen LogP contribution in [0.5, 0.6) is 0 Å². The third-order valence-electron chi connectivity index (χ3n) is 3.43. The molecule has 0 spiro atoms. The van der Waals surface area contributed by atoms with Crippen molar-refractivity contribution >= 4 is 29.1 Å². The summed E-state index contributed by atoms with van der Waals surface area (Å²) in [5.74, 6) is -0.990. The highest BCUT2D eigenvalue weighted by Gasteiger charge is 2.31. The molecule has 1 aromatic rings. The molecule has 0 aliphatic carbocycles. The predicted molar refractivity (Wildman–Crippen MR) is 79.3 cm³/mol. The Balaban J connectivity index is 2.01. The molecule has 1 aromatic carbocycles. The number of imide groups is 1. The number of rotatable bonds is 3. The lowest BCUT2D eigenvalue weighted by atomic mass is 9.98. The number of hydrogen-bond acceptors (Lipinski definition) is 4. The molecule has 1 fully saturated rings. The first kappa shape index (κ1) is 15.0. The maximum absolute atomic E-state index is 12.0. The number of carbonyl (C=O) groups is 3. The Kier molecular flexibility index (Phi) is 4.26. The van der Waals surface area contributed by atoms with Gasteiger partial charge in [-0.25, -0.2) is 0 Å². The zero-order chi connectivity index (χ0) is 15.6. The Morgan fingerprint density at radius 1 is 1.33 bits per heavy atom. The van der Waals surface area contributed by atoms with E-state index >= 15 is 0 Å². The molecule has 112 valence electrons. The molecule has 0 bridgehead atoms. The predicted octanol–water partition coefficient (Wildman–Crippen LogP) is 1.30. The molecule has 1 heterocycles. The van der Waals surface area contributed by atoms with Crippen molar-refractivity contribution < 1.29 is 14.4 Å². The summed E-state index contributed by atoms with van der Waals surface area (Å²) in [4.78, 5) is 36.6. The molecule has 3 amide bonds. The van der Waals surface area contributed by atoms with Crippen LogP contribution in [-0.2, 0) is 14.4 Å². The van der Waals surface area contributed by atoms with Crippen LogP contribution < -0.4 is 11.1 Å². The van der Waals surface area contributed by atoms with Crippen LogP contribution >= 0.6 is 0 Å². The molecule has 0 saturated carbocycles. The fourth-order valence-corrected chi connectivity index (χ4v) is 2.33. The van der Waals surface area contributed by atoms with Crippen LogP contribution in [0.25, 0.3) is 0 Å². The SMILES string of the molecule is Cc1ccc(NC(=O)CN2C(=O)CC(C)CC2=O)c(N)c1. The van der Waals surface area contributed by atoms with E-state index in [4.69, 9.17) is 5.73 Å². The average molecular weight is 289 g/mol.